The molecule has 0 N–H and O–H groups in total. The van der Waals surface area contributed by atoms with Gasteiger partial charge in [0.25, 0.3) is 0 Å². The fourth-order valence-electron chi connectivity index (χ4n) is 0.926. The van der Waals surface area contributed by atoms with Crippen LogP contribution in [-0.4, -0.2) is 18.7 Å². The van der Waals surface area contributed by atoms with Crippen LogP contribution in [0.4, 0.5) is 0 Å². The zero-order valence-electron chi connectivity index (χ0n) is 8.80. The monoisotopic (exact) mass is 242 g/mol. The summed E-state index contributed by atoms with van der Waals surface area (Å²) in [7, 11) is -4.28. The van der Waals surface area contributed by atoms with Gasteiger partial charge in [0.2, 0.25) is 0 Å². The first-order valence-electron chi connectivity index (χ1n) is 3.59. The van der Waals surface area contributed by atoms with Crippen LogP contribution in [0.3, 0.4) is 0 Å². The standard InChI is InChI=1S/C9H9O3S.2Na/c1-8(7-13(10,11)12)9-5-3-2-4-6-9;;/h1-6H,7H2,(H,10,11,12);;/q-1;2*+1/p-1. The van der Waals surface area contributed by atoms with Gasteiger partial charge in [0.15, 0.2) is 0 Å². The fourth-order valence-corrected chi connectivity index (χ4v) is 1.47. The average Bonchev–Trinajstić information content (AvgIpc) is 2.03. The molecule has 0 aliphatic heterocycles. The Bertz CT molecular complexity index is 401. The normalized spacial score (nSPS) is 9.67. The Balaban J connectivity index is 0. The minimum Gasteiger partial charge on any atom is -0.748 e. The fraction of sp³-hybridized carbons (Fsp3) is 0.111. The van der Waals surface area contributed by atoms with Gasteiger partial charge in [0.1, 0.15) is 0 Å². The summed E-state index contributed by atoms with van der Waals surface area (Å²) in [5, 5.41) is 0. The molecule has 0 aromatic heterocycles. The van der Waals surface area contributed by atoms with Crippen molar-refractivity contribution in [1.82, 2.24) is 0 Å². The van der Waals surface area contributed by atoms with Gasteiger partial charge in [0, 0.05) is 5.75 Å². The van der Waals surface area contributed by atoms with E-state index in [1.54, 1.807) is 30.3 Å². The van der Waals surface area contributed by atoms with E-state index in [1.165, 1.54) is 0 Å². The summed E-state index contributed by atoms with van der Waals surface area (Å²) in [6.45, 7) is 5.42. The summed E-state index contributed by atoms with van der Waals surface area (Å²) in [6, 6.07) is 8.53. The molecule has 0 spiro atoms. The molecule has 6 heteroatoms. The zero-order chi connectivity index (χ0) is 9.90. The average molecular weight is 242 g/mol. The molecule has 70 valence electrons. The Morgan fingerprint density at radius 2 is 1.67 bits per heavy atom. The van der Waals surface area contributed by atoms with Gasteiger partial charge in [-0.15, -0.1) is 12.1 Å². The molecule has 0 heterocycles. The first kappa shape index (κ1) is 18.2. The summed E-state index contributed by atoms with van der Waals surface area (Å²) in [5.74, 6) is -0.642. The Morgan fingerprint density at radius 3 is 2.07 bits per heavy atom. The smallest absolute Gasteiger partial charge is 0.748 e. The molecule has 0 aliphatic rings. The van der Waals surface area contributed by atoms with Crippen molar-refractivity contribution in [3.63, 3.8) is 0 Å². The van der Waals surface area contributed by atoms with Crippen LogP contribution in [0.15, 0.2) is 30.3 Å². The Hall–Kier alpha value is 0.870. The van der Waals surface area contributed by atoms with Crippen LogP contribution in [0.25, 0.3) is 5.57 Å². The molecule has 0 unspecified atom stereocenters. The second-order valence-corrected chi connectivity index (χ2v) is 4.00. The van der Waals surface area contributed by atoms with Crippen LogP contribution < -0.4 is 59.1 Å². The van der Waals surface area contributed by atoms with Crippen molar-refractivity contribution in [3.8, 4) is 0 Å². The van der Waals surface area contributed by atoms with Crippen LogP contribution in [0.1, 0.15) is 5.56 Å². The molecule has 1 rings (SSSR count). The van der Waals surface area contributed by atoms with Crippen LogP contribution in [0.5, 0.6) is 0 Å². The van der Waals surface area contributed by atoms with Gasteiger partial charge >= 0.3 is 59.1 Å². The quantitative estimate of drug-likeness (QED) is 0.303. The van der Waals surface area contributed by atoms with Crippen molar-refractivity contribution in [3.05, 3.63) is 42.5 Å². The number of hydrogen-bond acceptors (Lipinski definition) is 3. The van der Waals surface area contributed by atoms with Crippen LogP contribution in [0, 0.1) is 6.58 Å². The number of rotatable bonds is 3. The first-order chi connectivity index (χ1) is 5.99. The Kier molecular flexibility index (Phi) is 9.77. The molecule has 0 fully saturated rings. The second-order valence-electron chi connectivity index (χ2n) is 2.59. The van der Waals surface area contributed by atoms with Crippen LogP contribution in [0.2, 0.25) is 0 Å². The molecule has 0 aliphatic carbocycles. The van der Waals surface area contributed by atoms with E-state index in [9.17, 15) is 13.0 Å². The van der Waals surface area contributed by atoms with Crippen molar-refractivity contribution >= 4 is 15.7 Å². The summed E-state index contributed by atoms with van der Waals surface area (Å²) < 4.78 is 31.1. The van der Waals surface area contributed by atoms with Crippen molar-refractivity contribution in [2.75, 3.05) is 5.75 Å². The van der Waals surface area contributed by atoms with Crippen molar-refractivity contribution in [1.29, 1.82) is 0 Å². The van der Waals surface area contributed by atoms with Gasteiger partial charge in [-0.05, 0) is 0 Å². The Labute approximate surface area is 134 Å². The minimum absolute atomic E-state index is 0. The maximum Gasteiger partial charge on any atom is 1.00 e. The summed E-state index contributed by atoms with van der Waals surface area (Å²) in [4.78, 5) is 0. The third-order valence-electron chi connectivity index (χ3n) is 1.48. The molecule has 1 aromatic rings. The maximum absolute atomic E-state index is 10.4. The van der Waals surface area contributed by atoms with Crippen molar-refractivity contribution in [2.45, 2.75) is 0 Å². The molecule has 0 atom stereocenters. The largest absolute Gasteiger partial charge is 1.00 e. The minimum atomic E-state index is -4.28. The molecule has 0 saturated heterocycles. The third kappa shape index (κ3) is 7.71. The van der Waals surface area contributed by atoms with Gasteiger partial charge in [0.05, 0.1) is 10.1 Å². The van der Waals surface area contributed by atoms with E-state index in [-0.39, 0.29) is 64.7 Å². The molecular formula is C9H8Na2O3S. The topological polar surface area (TPSA) is 57.2 Å². The predicted molar refractivity (Wildman–Crippen MR) is 48.7 cm³/mol. The molecular weight excluding hydrogens is 234 g/mol. The molecule has 1 aromatic carbocycles. The van der Waals surface area contributed by atoms with Crippen molar-refractivity contribution in [2.24, 2.45) is 0 Å². The van der Waals surface area contributed by atoms with Crippen molar-refractivity contribution < 1.29 is 72.1 Å². The van der Waals surface area contributed by atoms with E-state index < -0.39 is 15.9 Å². The molecule has 15 heavy (non-hydrogen) atoms. The summed E-state index contributed by atoms with van der Waals surface area (Å²) in [5.41, 5.74) is 0.650. The maximum atomic E-state index is 10.4. The molecule has 3 nitrogen and oxygen atoms in total. The molecule has 0 radical (unpaired) electrons. The van der Waals surface area contributed by atoms with Gasteiger partial charge in [-0.2, -0.15) is 5.56 Å². The van der Waals surface area contributed by atoms with Gasteiger partial charge in [-0.25, -0.2) is 14.0 Å². The van der Waals surface area contributed by atoms with E-state index in [0.29, 0.717) is 5.56 Å². The molecule has 0 bridgehead atoms. The van der Waals surface area contributed by atoms with Crippen LogP contribution >= 0.6 is 0 Å². The van der Waals surface area contributed by atoms with Gasteiger partial charge < -0.3 is 4.55 Å². The first-order valence-corrected chi connectivity index (χ1v) is 5.17. The van der Waals surface area contributed by atoms with E-state index in [4.69, 9.17) is 6.58 Å². The van der Waals surface area contributed by atoms with Crippen LogP contribution in [-0.2, 0) is 10.1 Å². The van der Waals surface area contributed by atoms with E-state index in [1.807, 2.05) is 0 Å². The van der Waals surface area contributed by atoms with Gasteiger partial charge in [-0.3, -0.25) is 6.58 Å². The molecule has 0 amide bonds. The Morgan fingerprint density at radius 1 is 1.20 bits per heavy atom. The third-order valence-corrected chi connectivity index (χ3v) is 2.14. The van der Waals surface area contributed by atoms with E-state index >= 15 is 0 Å². The molecule has 0 saturated carbocycles. The summed E-state index contributed by atoms with van der Waals surface area (Å²) >= 11 is 0. The van der Waals surface area contributed by atoms with E-state index in [0.717, 1.165) is 0 Å². The summed E-state index contributed by atoms with van der Waals surface area (Å²) in [6.07, 6.45) is 0. The SMILES string of the molecule is [CH-]=C(CS(=O)(=O)[O-])c1ccccc1.[Na+].[Na+]. The second kappa shape index (κ2) is 8.03. The van der Waals surface area contributed by atoms with E-state index in [2.05, 4.69) is 0 Å². The number of benzene rings is 1. The zero-order valence-corrected chi connectivity index (χ0v) is 13.6. The van der Waals surface area contributed by atoms with Gasteiger partial charge in [-0.1, -0.05) is 18.2 Å². The number of hydrogen-bond donors (Lipinski definition) is 0. The predicted octanol–water partition coefficient (Wildman–Crippen LogP) is -4.94.